The summed E-state index contributed by atoms with van der Waals surface area (Å²) >= 11 is 0. The van der Waals surface area contributed by atoms with Crippen molar-refractivity contribution in [3.8, 4) is 0 Å². The molecule has 2 heterocycles. The number of ether oxygens (including phenoxy) is 1. The topological polar surface area (TPSA) is 64.3 Å². The predicted molar refractivity (Wildman–Crippen MR) is 104 cm³/mol. The van der Waals surface area contributed by atoms with Crippen molar-refractivity contribution < 1.29 is 14.6 Å². The summed E-state index contributed by atoms with van der Waals surface area (Å²) < 4.78 is 7.12. The fourth-order valence-electron chi connectivity index (χ4n) is 3.11. The number of carboxylic acid groups (broad SMARTS) is 1. The first-order valence-corrected chi connectivity index (χ1v) is 8.58. The standard InChI is InChI=1S/C21H26N2O3/c1-7-17(13(2)3)20-18(15(5)26-6)11-19(21(24)25)23(20)12-16-10-14(4)8-9-22-16/h7-11,13H,5,12H2,1-4,6H3,(H,24,25)/b17-7-. The highest BCUT2D eigenvalue weighted by molar-refractivity contribution is 5.90. The Bertz CT molecular complexity index is 860. The molecule has 0 atom stereocenters. The third-order valence-corrected chi connectivity index (χ3v) is 4.36. The Morgan fingerprint density at radius 1 is 1.42 bits per heavy atom. The molecule has 0 aromatic carbocycles. The zero-order valence-corrected chi connectivity index (χ0v) is 16.0. The van der Waals surface area contributed by atoms with E-state index in [2.05, 4.69) is 25.4 Å². The molecule has 0 spiro atoms. The van der Waals surface area contributed by atoms with E-state index in [1.54, 1.807) is 16.8 Å². The van der Waals surface area contributed by atoms with Crippen LogP contribution in [0.2, 0.25) is 0 Å². The van der Waals surface area contributed by atoms with Crippen LogP contribution in [0.25, 0.3) is 11.3 Å². The Balaban J connectivity index is 2.75. The number of rotatable bonds is 7. The number of hydrogen-bond donors (Lipinski definition) is 1. The van der Waals surface area contributed by atoms with Gasteiger partial charge >= 0.3 is 5.97 Å². The molecule has 0 unspecified atom stereocenters. The summed E-state index contributed by atoms with van der Waals surface area (Å²) in [5.41, 5.74) is 4.62. The van der Waals surface area contributed by atoms with Crippen LogP contribution in [-0.2, 0) is 11.3 Å². The van der Waals surface area contributed by atoms with Gasteiger partial charge < -0.3 is 14.4 Å². The third kappa shape index (κ3) is 3.87. The number of carbonyl (C=O) groups is 1. The van der Waals surface area contributed by atoms with E-state index in [-0.39, 0.29) is 11.6 Å². The Morgan fingerprint density at radius 3 is 2.62 bits per heavy atom. The smallest absolute Gasteiger partial charge is 0.352 e. The quantitative estimate of drug-likeness (QED) is 0.737. The third-order valence-electron chi connectivity index (χ3n) is 4.36. The summed E-state index contributed by atoms with van der Waals surface area (Å²) in [4.78, 5) is 16.3. The molecular formula is C21H26N2O3. The van der Waals surface area contributed by atoms with E-state index in [9.17, 15) is 9.90 Å². The molecule has 0 saturated carbocycles. The molecule has 0 saturated heterocycles. The Morgan fingerprint density at radius 2 is 2.12 bits per heavy atom. The van der Waals surface area contributed by atoms with Gasteiger partial charge in [0.1, 0.15) is 11.5 Å². The van der Waals surface area contributed by atoms with Crippen LogP contribution in [-0.4, -0.2) is 27.7 Å². The summed E-state index contributed by atoms with van der Waals surface area (Å²) in [6.45, 7) is 12.4. The average molecular weight is 354 g/mol. The molecule has 2 aromatic heterocycles. The van der Waals surface area contributed by atoms with E-state index in [1.165, 1.54) is 7.11 Å². The Kier molecular flexibility index (Phi) is 6.03. The number of nitrogens with zero attached hydrogens (tertiary/aromatic N) is 2. The number of carboxylic acids is 1. The van der Waals surface area contributed by atoms with Gasteiger partial charge in [0.15, 0.2) is 0 Å². The fourth-order valence-corrected chi connectivity index (χ4v) is 3.11. The van der Waals surface area contributed by atoms with E-state index in [4.69, 9.17) is 4.74 Å². The van der Waals surface area contributed by atoms with Gasteiger partial charge in [0.05, 0.1) is 25.0 Å². The maximum absolute atomic E-state index is 11.9. The van der Waals surface area contributed by atoms with Crippen LogP contribution in [0.5, 0.6) is 0 Å². The van der Waals surface area contributed by atoms with Gasteiger partial charge in [0.2, 0.25) is 0 Å². The van der Waals surface area contributed by atoms with Crippen LogP contribution in [0.1, 0.15) is 53.8 Å². The molecule has 0 aliphatic carbocycles. The number of aromatic carboxylic acids is 1. The largest absolute Gasteiger partial charge is 0.497 e. The number of allylic oxidation sites excluding steroid dienone is 2. The molecule has 1 N–H and O–H groups in total. The number of hydrogen-bond acceptors (Lipinski definition) is 3. The minimum Gasteiger partial charge on any atom is -0.497 e. The van der Waals surface area contributed by atoms with Crippen molar-refractivity contribution in [2.45, 2.75) is 34.2 Å². The number of aryl methyl sites for hydroxylation is 1. The van der Waals surface area contributed by atoms with Gasteiger partial charge in [-0.2, -0.15) is 0 Å². The van der Waals surface area contributed by atoms with Crippen molar-refractivity contribution in [2.75, 3.05) is 7.11 Å². The Hall–Kier alpha value is -2.82. The summed E-state index contributed by atoms with van der Waals surface area (Å²) in [5.74, 6) is -0.337. The van der Waals surface area contributed by atoms with Gasteiger partial charge in [0, 0.05) is 11.8 Å². The monoisotopic (exact) mass is 354 g/mol. The highest BCUT2D eigenvalue weighted by atomic mass is 16.5. The second kappa shape index (κ2) is 8.04. The second-order valence-electron chi connectivity index (χ2n) is 6.53. The molecule has 0 bridgehead atoms. The highest BCUT2D eigenvalue weighted by Crippen LogP contribution is 2.33. The first-order valence-electron chi connectivity index (χ1n) is 8.58. The van der Waals surface area contributed by atoms with Crippen molar-refractivity contribution in [3.05, 3.63) is 65.3 Å². The van der Waals surface area contributed by atoms with Gasteiger partial charge in [0.25, 0.3) is 0 Å². The zero-order chi connectivity index (χ0) is 19.4. The van der Waals surface area contributed by atoms with Crippen LogP contribution in [0, 0.1) is 12.8 Å². The Labute approximate surface area is 154 Å². The van der Waals surface area contributed by atoms with Gasteiger partial charge in [-0.05, 0) is 49.1 Å². The number of pyridine rings is 1. The van der Waals surface area contributed by atoms with E-state index in [0.29, 0.717) is 17.9 Å². The molecule has 0 aliphatic rings. The normalized spacial score (nSPS) is 11.7. The van der Waals surface area contributed by atoms with E-state index in [1.807, 2.05) is 32.1 Å². The lowest BCUT2D eigenvalue weighted by atomic mass is 9.96. The molecule has 0 radical (unpaired) electrons. The van der Waals surface area contributed by atoms with E-state index < -0.39 is 5.97 Å². The summed E-state index contributed by atoms with van der Waals surface area (Å²) in [6.07, 6.45) is 3.75. The molecule has 0 amide bonds. The molecule has 5 nitrogen and oxygen atoms in total. The number of aromatic nitrogens is 2. The van der Waals surface area contributed by atoms with Crippen LogP contribution in [0.15, 0.2) is 37.1 Å². The van der Waals surface area contributed by atoms with Crippen LogP contribution in [0.4, 0.5) is 0 Å². The summed E-state index contributed by atoms with van der Waals surface area (Å²) in [6, 6.07) is 5.51. The second-order valence-corrected chi connectivity index (χ2v) is 6.53. The zero-order valence-electron chi connectivity index (χ0n) is 16.0. The lowest BCUT2D eigenvalue weighted by Crippen LogP contribution is -2.14. The van der Waals surface area contributed by atoms with E-state index in [0.717, 1.165) is 22.5 Å². The van der Waals surface area contributed by atoms with Crippen molar-refractivity contribution in [1.29, 1.82) is 0 Å². The van der Waals surface area contributed by atoms with Gasteiger partial charge in [-0.25, -0.2) is 4.79 Å². The van der Waals surface area contributed by atoms with Crippen molar-refractivity contribution in [1.82, 2.24) is 9.55 Å². The maximum atomic E-state index is 11.9. The molecule has 138 valence electrons. The SMILES string of the molecule is C=C(OC)c1cc(C(=O)O)n(Cc2cc(C)ccn2)c1/C(=C\C)C(C)C. The molecule has 0 fully saturated rings. The van der Waals surface area contributed by atoms with Crippen LogP contribution >= 0.6 is 0 Å². The molecule has 26 heavy (non-hydrogen) atoms. The first-order chi connectivity index (χ1) is 12.3. The van der Waals surface area contributed by atoms with Crippen molar-refractivity contribution in [3.63, 3.8) is 0 Å². The maximum Gasteiger partial charge on any atom is 0.352 e. The molecule has 2 aromatic rings. The van der Waals surface area contributed by atoms with Gasteiger partial charge in [-0.3, -0.25) is 4.98 Å². The fraction of sp³-hybridized carbons (Fsp3) is 0.333. The summed E-state index contributed by atoms with van der Waals surface area (Å²) in [5, 5.41) is 9.75. The van der Waals surface area contributed by atoms with Crippen molar-refractivity contribution >= 4 is 17.3 Å². The van der Waals surface area contributed by atoms with Crippen LogP contribution in [0.3, 0.4) is 0 Å². The first kappa shape index (κ1) is 19.5. The molecular weight excluding hydrogens is 328 g/mol. The summed E-state index contributed by atoms with van der Waals surface area (Å²) in [7, 11) is 1.54. The molecule has 0 aliphatic heterocycles. The lowest BCUT2D eigenvalue weighted by Gasteiger charge is -2.19. The minimum atomic E-state index is -0.992. The van der Waals surface area contributed by atoms with E-state index >= 15 is 0 Å². The molecule has 5 heteroatoms. The lowest BCUT2D eigenvalue weighted by molar-refractivity contribution is 0.0685. The minimum absolute atomic E-state index is 0.191. The van der Waals surface area contributed by atoms with Gasteiger partial charge in [-0.1, -0.05) is 26.5 Å². The van der Waals surface area contributed by atoms with Gasteiger partial charge in [-0.15, -0.1) is 0 Å². The van der Waals surface area contributed by atoms with Crippen molar-refractivity contribution in [2.24, 2.45) is 5.92 Å². The van der Waals surface area contributed by atoms with Crippen LogP contribution < -0.4 is 0 Å². The highest BCUT2D eigenvalue weighted by Gasteiger charge is 2.25. The predicted octanol–water partition coefficient (Wildman–Crippen LogP) is 4.61. The average Bonchev–Trinajstić information content (AvgIpc) is 2.94. The number of methoxy groups -OCH3 is 1. The molecule has 2 rings (SSSR count).